The number of fused-ring (bicyclic) bond motifs is 2. The predicted molar refractivity (Wildman–Crippen MR) is 141 cm³/mol. The SMILES string of the molecule is [N-]=[N+]=NCCOCCOCCC(=O)CCCCCn1nc(-c2ccc3oc(N)nc3c2)c2c(N)ncnc21. The quantitative estimate of drug-likeness (QED) is 0.0944. The van der Waals surface area contributed by atoms with E-state index in [1.54, 1.807) is 6.07 Å². The van der Waals surface area contributed by atoms with Crippen LogP contribution in [0.1, 0.15) is 32.1 Å². The van der Waals surface area contributed by atoms with Gasteiger partial charge in [-0.05, 0) is 36.6 Å². The molecule has 0 fully saturated rings. The number of hydrogen-bond acceptors (Lipinski definition) is 11. The Kier molecular flexibility index (Phi) is 9.40. The van der Waals surface area contributed by atoms with Crippen LogP contribution in [-0.2, 0) is 20.8 Å². The van der Waals surface area contributed by atoms with E-state index in [-0.39, 0.29) is 11.8 Å². The van der Waals surface area contributed by atoms with Crippen LogP contribution in [0.4, 0.5) is 11.8 Å². The Bertz CT molecular complexity index is 1430. The number of carbonyl (C=O) groups excluding carboxylic acids is 1. The van der Waals surface area contributed by atoms with Crippen molar-refractivity contribution < 1.29 is 18.7 Å². The summed E-state index contributed by atoms with van der Waals surface area (Å²) >= 11 is 0. The summed E-state index contributed by atoms with van der Waals surface area (Å²) in [6.45, 7) is 2.45. The Morgan fingerprint density at radius 2 is 1.92 bits per heavy atom. The summed E-state index contributed by atoms with van der Waals surface area (Å²) in [7, 11) is 0. The molecule has 200 valence electrons. The highest BCUT2D eigenvalue weighted by Gasteiger charge is 2.18. The summed E-state index contributed by atoms with van der Waals surface area (Å²) in [6, 6.07) is 5.62. The Morgan fingerprint density at radius 1 is 1.08 bits per heavy atom. The Labute approximate surface area is 217 Å². The van der Waals surface area contributed by atoms with Gasteiger partial charge in [0, 0.05) is 36.4 Å². The molecule has 0 spiro atoms. The molecule has 3 aromatic heterocycles. The molecule has 0 amide bonds. The highest BCUT2D eigenvalue weighted by Crippen LogP contribution is 2.32. The maximum atomic E-state index is 12.1. The number of nitrogens with zero attached hydrogens (tertiary/aromatic N) is 8. The second-order valence-corrected chi connectivity index (χ2v) is 8.54. The molecule has 0 unspecified atom stereocenters. The van der Waals surface area contributed by atoms with Gasteiger partial charge in [-0.3, -0.25) is 4.79 Å². The lowest BCUT2D eigenvalue weighted by molar-refractivity contribution is -0.120. The number of hydrogen-bond donors (Lipinski definition) is 2. The van der Waals surface area contributed by atoms with Crippen LogP contribution in [0.3, 0.4) is 0 Å². The van der Waals surface area contributed by atoms with Gasteiger partial charge in [-0.1, -0.05) is 11.5 Å². The van der Waals surface area contributed by atoms with Crippen molar-refractivity contribution in [3.8, 4) is 11.3 Å². The van der Waals surface area contributed by atoms with E-state index in [1.807, 2.05) is 16.8 Å². The van der Waals surface area contributed by atoms with Gasteiger partial charge >= 0.3 is 0 Å². The maximum absolute atomic E-state index is 12.1. The minimum Gasteiger partial charge on any atom is -0.424 e. The third-order valence-electron chi connectivity index (χ3n) is 5.86. The fraction of sp³-hybridized carbons (Fsp3) is 0.458. The predicted octanol–water partition coefficient (Wildman–Crippen LogP) is 3.66. The van der Waals surface area contributed by atoms with E-state index in [0.29, 0.717) is 86.0 Å². The summed E-state index contributed by atoms with van der Waals surface area (Å²) in [4.78, 5) is 27.5. The van der Waals surface area contributed by atoms with Gasteiger partial charge in [0.2, 0.25) is 0 Å². The number of nitrogen functional groups attached to an aromatic ring is 2. The zero-order valence-corrected chi connectivity index (χ0v) is 21.0. The second-order valence-electron chi connectivity index (χ2n) is 8.54. The Balaban J connectivity index is 1.23. The number of nitrogens with two attached hydrogens (primary N) is 2. The molecule has 3 heterocycles. The molecular weight excluding hydrogens is 492 g/mol. The summed E-state index contributed by atoms with van der Waals surface area (Å²) in [6.07, 6.45) is 4.80. The van der Waals surface area contributed by atoms with E-state index in [4.69, 9.17) is 36.0 Å². The Morgan fingerprint density at radius 3 is 2.76 bits per heavy atom. The number of carbonyl (C=O) groups is 1. The van der Waals surface area contributed by atoms with Gasteiger partial charge in [-0.2, -0.15) is 10.1 Å². The van der Waals surface area contributed by atoms with Gasteiger partial charge in [-0.25, -0.2) is 14.6 Å². The number of aromatic nitrogens is 5. The smallest absolute Gasteiger partial charge is 0.292 e. The van der Waals surface area contributed by atoms with E-state index in [1.165, 1.54) is 6.33 Å². The molecule has 0 aliphatic rings. The first kappa shape index (κ1) is 26.8. The van der Waals surface area contributed by atoms with Crippen molar-refractivity contribution in [2.24, 2.45) is 5.11 Å². The van der Waals surface area contributed by atoms with Crippen LogP contribution in [0, 0.1) is 0 Å². The fourth-order valence-corrected chi connectivity index (χ4v) is 4.02. The van der Waals surface area contributed by atoms with Crippen molar-refractivity contribution in [3.63, 3.8) is 0 Å². The topological polar surface area (TPSA) is 206 Å². The van der Waals surface area contributed by atoms with E-state index >= 15 is 0 Å². The molecule has 0 saturated carbocycles. The number of rotatable bonds is 16. The maximum Gasteiger partial charge on any atom is 0.292 e. The molecule has 4 rings (SSSR count). The van der Waals surface area contributed by atoms with Crippen LogP contribution >= 0.6 is 0 Å². The normalized spacial score (nSPS) is 11.3. The van der Waals surface area contributed by atoms with E-state index in [2.05, 4.69) is 25.0 Å². The average molecular weight is 523 g/mol. The van der Waals surface area contributed by atoms with Crippen molar-refractivity contribution in [1.29, 1.82) is 0 Å². The van der Waals surface area contributed by atoms with Crippen LogP contribution in [0.5, 0.6) is 0 Å². The molecule has 0 bridgehead atoms. The third kappa shape index (κ3) is 6.94. The lowest BCUT2D eigenvalue weighted by Gasteiger charge is -2.05. The zero-order valence-electron chi connectivity index (χ0n) is 21.0. The van der Waals surface area contributed by atoms with Crippen molar-refractivity contribution in [2.45, 2.75) is 38.6 Å². The molecule has 0 aliphatic heterocycles. The molecule has 0 radical (unpaired) electrons. The average Bonchev–Trinajstić information content (AvgIpc) is 3.47. The van der Waals surface area contributed by atoms with Crippen molar-refractivity contribution in [2.75, 3.05) is 44.4 Å². The minimum absolute atomic E-state index is 0.103. The number of Topliss-reactive ketones (excluding diaryl/α,β-unsaturated/α-hetero) is 1. The molecule has 4 N–H and O–H groups in total. The van der Waals surface area contributed by atoms with Gasteiger partial charge < -0.3 is 25.4 Å². The van der Waals surface area contributed by atoms with Crippen LogP contribution in [0.15, 0.2) is 34.1 Å². The first-order valence-electron chi connectivity index (χ1n) is 12.4. The van der Waals surface area contributed by atoms with Gasteiger partial charge in [-0.15, -0.1) is 0 Å². The monoisotopic (exact) mass is 522 g/mol. The highest BCUT2D eigenvalue weighted by molar-refractivity contribution is 5.99. The summed E-state index contributed by atoms with van der Waals surface area (Å²) in [5, 5.41) is 8.84. The molecule has 0 aliphatic carbocycles. The summed E-state index contributed by atoms with van der Waals surface area (Å²) in [5.41, 5.74) is 23.4. The van der Waals surface area contributed by atoms with Crippen LogP contribution in [-0.4, -0.2) is 63.5 Å². The lowest BCUT2D eigenvalue weighted by atomic mass is 10.1. The summed E-state index contributed by atoms with van der Waals surface area (Å²) < 4.78 is 17.8. The number of ketones is 1. The van der Waals surface area contributed by atoms with Crippen LogP contribution < -0.4 is 11.5 Å². The standard InChI is InChI=1S/C24H30N10O4/c25-22-20-21(16-5-6-19-18(14-16)31-24(26)38-19)32-34(23(20)29-15-28-22)9-3-1-2-4-17(35)7-10-36-12-13-37-11-8-30-33-27/h5-6,14-15H,1-4,7-13H2,(H2,26,31)(H2,25,28,29). The number of ether oxygens (including phenoxy) is 2. The molecule has 4 aromatic rings. The number of azide groups is 1. The zero-order chi connectivity index (χ0) is 26.7. The first-order valence-corrected chi connectivity index (χ1v) is 12.4. The number of oxazole rings is 1. The van der Waals surface area contributed by atoms with Crippen molar-refractivity contribution in [3.05, 3.63) is 35.0 Å². The third-order valence-corrected chi connectivity index (χ3v) is 5.86. The molecule has 0 saturated heterocycles. The molecule has 14 nitrogen and oxygen atoms in total. The fourth-order valence-electron chi connectivity index (χ4n) is 4.02. The highest BCUT2D eigenvalue weighted by atomic mass is 16.5. The van der Waals surface area contributed by atoms with Gasteiger partial charge in [0.1, 0.15) is 29.1 Å². The molecule has 0 atom stereocenters. The van der Waals surface area contributed by atoms with Crippen molar-refractivity contribution >= 4 is 39.7 Å². The Hall–Kier alpha value is -4.26. The lowest BCUT2D eigenvalue weighted by Crippen LogP contribution is -2.10. The van der Waals surface area contributed by atoms with E-state index in [9.17, 15) is 4.79 Å². The second kappa shape index (κ2) is 13.3. The first-order chi connectivity index (χ1) is 18.6. The largest absolute Gasteiger partial charge is 0.424 e. The number of unbranched alkanes of at least 4 members (excludes halogenated alkanes) is 2. The van der Waals surface area contributed by atoms with E-state index in [0.717, 1.165) is 24.8 Å². The van der Waals surface area contributed by atoms with Gasteiger partial charge in [0.15, 0.2) is 11.2 Å². The van der Waals surface area contributed by atoms with Gasteiger partial charge in [0.05, 0.1) is 31.8 Å². The number of aryl methyl sites for hydroxylation is 1. The number of benzene rings is 1. The van der Waals surface area contributed by atoms with Gasteiger partial charge in [0.25, 0.3) is 6.01 Å². The molecule has 38 heavy (non-hydrogen) atoms. The van der Waals surface area contributed by atoms with Crippen molar-refractivity contribution in [1.82, 2.24) is 24.7 Å². The van der Waals surface area contributed by atoms with Crippen LogP contribution in [0.2, 0.25) is 0 Å². The molecular formula is C24H30N10O4. The van der Waals surface area contributed by atoms with E-state index < -0.39 is 0 Å². The molecule has 14 heteroatoms. The minimum atomic E-state index is 0.103. The summed E-state index contributed by atoms with van der Waals surface area (Å²) in [5.74, 6) is 0.522. The van der Waals surface area contributed by atoms with Crippen LogP contribution in [0.25, 0.3) is 43.8 Å². The number of anilines is 2. The molecule has 1 aromatic carbocycles.